The average molecular weight is 465 g/mol. The third-order valence-corrected chi connectivity index (χ3v) is 6.97. The lowest BCUT2D eigenvalue weighted by Gasteiger charge is -2.13. The first kappa shape index (κ1) is 20.5. The molecule has 0 spiro atoms. The molecule has 0 saturated carbocycles. The van der Waals surface area contributed by atoms with Gasteiger partial charge in [0.2, 0.25) is 0 Å². The van der Waals surface area contributed by atoms with Crippen LogP contribution in [0.3, 0.4) is 0 Å². The smallest absolute Gasteiger partial charge is 0.203 e. The molecule has 13 heteroatoms. The van der Waals surface area contributed by atoms with Gasteiger partial charge in [-0.2, -0.15) is 30.7 Å². The molecule has 0 unspecified atom stereocenters. The van der Waals surface area contributed by atoms with Crippen LogP contribution < -0.4 is 0 Å². The van der Waals surface area contributed by atoms with Gasteiger partial charge in [0.25, 0.3) is 5.16 Å². The van der Waals surface area contributed by atoms with Crippen LogP contribution in [0, 0.1) is 0 Å². The zero-order chi connectivity index (χ0) is 19.7. The van der Waals surface area contributed by atoms with Crippen molar-refractivity contribution in [1.82, 2.24) is 22.9 Å². The van der Waals surface area contributed by atoms with Crippen molar-refractivity contribution >= 4 is 41.9 Å². The maximum atomic E-state index is 12.6. The highest BCUT2D eigenvalue weighted by Crippen LogP contribution is 2.18. The minimum Gasteiger partial charge on any atom is -0.203 e. The van der Waals surface area contributed by atoms with Gasteiger partial charge in [-0.3, -0.25) is 0 Å². The highest BCUT2D eigenvalue weighted by atomic mass is 79.9. The van der Waals surface area contributed by atoms with Gasteiger partial charge < -0.3 is 0 Å². The van der Waals surface area contributed by atoms with Crippen LogP contribution >= 0.6 is 15.9 Å². The number of nitrogens with zero attached hydrogens (tertiary/aromatic N) is 6. The van der Waals surface area contributed by atoms with Crippen molar-refractivity contribution in [2.24, 2.45) is 5.10 Å². The molecule has 0 fully saturated rings. The van der Waals surface area contributed by atoms with E-state index in [0.717, 1.165) is 15.1 Å². The second-order valence-corrected chi connectivity index (χ2v) is 9.99. The lowest BCUT2D eigenvalue weighted by molar-refractivity contribution is 0.480. The first-order chi connectivity index (χ1) is 12.0. The number of halogens is 1. The van der Waals surface area contributed by atoms with E-state index in [1.54, 1.807) is 25.1 Å². The van der Waals surface area contributed by atoms with Gasteiger partial charge in [0, 0.05) is 31.2 Å². The fourth-order valence-corrected chi connectivity index (χ4v) is 3.97. The summed E-state index contributed by atoms with van der Waals surface area (Å²) in [5, 5.41) is 6.93. The fraction of sp³-hybridized carbons (Fsp3) is 0.308. The van der Waals surface area contributed by atoms with Crippen LogP contribution in [0.25, 0.3) is 0 Å². The molecular formula is C13H17BrN6O4S2. The molecule has 0 amide bonds. The Morgan fingerprint density at radius 1 is 1.15 bits per heavy atom. The van der Waals surface area contributed by atoms with E-state index in [2.05, 4.69) is 31.1 Å². The van der Waals surface area contributed by atoms with Crippen molar-refractivity contribution in [3.63, 3.8) is 0 Å². The quantitative estimate of drug-likeness (QED) is 0.459. The van der Waals surface area contributed by atoms with Crippen LogP contribution in [0.5, 0.6) is 0 Å². The van der Waals surface area contributed by atoms with Crippen LogP contribution in [-0.4, -0.2) is 66.6 Å². The van der Waals surface area contributed by atoms with Crippen molar-refractivity contribution in [2.45, 2.75) is 12.1 Å². The van der Waals surface area contributed by atoms with E-state index in [4.69, 9.17) is 0 Å². The predicted molar refractivity (Wildman–Crippen MR) is 99.3 cm³/mol. The van der Waals surface area contributed by atoms with E-state index in [1.807, 2.05) is 6.07 Å². The number of rotatable bonds is 6. The van der Waals surface area contributed by atoms with Crippen LogP contribution in [0.15, 0.2) is 45.3 Å². The number of sulfonamides is 1. The van der Waals surface area contributed by atoms with Gasteiger partial charge in [0.1, 0.15) is 6.33 Å². The van der Waals surface area contributed by atoms with Crippen molar-refractivity contribution < 1.29 is 16.8 Å². The van der Waals surface area contributed by atoms with Gasteiger partial charge >= 0.3 is 20.2 Å². The summed E-state index contributed by atoms with van der Waals surface area (Å²) < 4.78 is 51.9. The van der Waals surface area contributed by atoms with Crippen molar-refractivity contribution in [1.29, 1.82) is 0 Å². The molecule has 1 aromatic carbocycles. The number of hydrazone groups is 1. The monoisotopic (exact) mass is 464 g/mol. The van der Waals surface area contributed by atoms with Gasteiger partial charge in [-0.05, 0) is 13.0 Å². The Morgan fingerprint density at radius 3 is 2.35 bits per heavy atom. The van der Waals surface area contributed by atoms with Gasteiger partial charge in [-0.25, -0.2) is 4.98 Å². The molecule has 142 valence electrons. The maximum Gasteiger partial charge on any atom is 0.323 e. The molecule has 0 aliphatic heterocycles. The summed E-state index contributed by atoms with van der Waals surface area (Å²) >= 11 is 3.37. The fourth-order valence-electron chi connectivity index (χ4n) is 1.82. The van der Waals surface area contributed by atoms with E-state index in [1.165, 1.54) is 21.1 Å². The van der Waals surface area contributed by atoms with Crippen LogP contribution in [0.2, 0.25) is 0 Å². The molecule has 26 heavy (non-hydrogen) atoms. The Balaban J connectivity index is 2.38. The van der Waals surface area contributed by atoms with E-state index in [0.29, 0.717) is 19.8 Å². The van der Waals surface area contributed by atoms with Gasteiger partial charge in [-0.15, -0.1) is 9.19 Å². The molecule has 0 atom stereocenters. The Morgan fingerprint density at radius 2 is 1.77 bits per heavy atom. The number of hydrogen-bond acceptors (Lipinski definition) is 7. The summed E-state index contributed by atoms with van der Waals surface area (Å²) in [6.07, 6.45) is 0.820. The highest BCUT2D eigenvalue weighted by Gasteiger charge is 2.28. The van der Waals surface area contributed by atoms with Gasteiger partial charge in [0.15, 0.2) is 0 Å². The second-order valence-electron chi connectivity index (χ2n) is 5.29. The van der Waals surface area contributed by atoms with E-state index >= 15 is 0 Å². The molecule has 1 heterocycles. The Bertz CT molecular complexity index is 1050. The highest BCUT2D eigenvalue weighted by molar-refractivity contribution is 9.10. The number of hydrogen-bond donors (Lipinski definition) is 0. The first-order valence-corrected chi connectivity index (χ1v) is 10.7. The topological polar surface area (TPSA) is 118 Å². The van der Waals surface area contributed by atoms with Crippen LogP contribution in [0.4, 0.5) is 0 Å². The normalized spacial score (nSPS) is 13.2. The average Bonchev–Trinajstić information content (AvgIpc) is 3.06. The molecule has 10 nitrogen and oxygen atoms in total. The van der Waals surface area contributed by atoms with Gasteiger partial charge in [-0.1, -0.05) is 34.1 Å². The summed E-state index contributed by atoms with van der Waals surface area (Å²) in [5.41, 5.74) is 1.15. The van der Waals surface area contributed by atoms with E-state index in [-0.39, 0.29) is 0 Å². The molecule has 0 aliphatic rings. The van der Waals surface area contributed by atoms with Crippen LogP contribution in [-0.2, 0) is 20.2 Å². The molecule has 0 N–H and O–H groups in total. The van der Waals surface area contributed by atoms with E-state index in [9.17, 15) is 16.8 Å². The Hall–Kier alpha value is -1.83. The molecule has 2 aromatic rings. The molecule has 0 radical (unpaired) electrons. The maximum absolute atomic E-state index is 12.6. The van der Waals surface area contributed by atoms with Gasteiger partial charge in [0.05, 0.1) is 5.71 Å². The Kier molecular flexibility index (Phi) is 5.85. The summed E-state index contributed by atoms with van der Waals surface area (Å²) in [4.78, 5) is 3.59. The first-order valence-electron chi connectivity index (χ1n) is 7.11. The molecule has 1 aromatic heterocycles. The third-order valence-electron chi connectivity index (χ3n) is 3.28. The molecular weight excluding hydrogens is 448 g/mol. The zero-order valence-corrected chi connectivity index (χ0v) is 17.6. The lowest BCUT2D eigenvalue weighted by atomic mass is 10.1. The molecule has 0 bridgehead atoms. The largest absolute Gasteiger partial charge is 0.323 e. The summed E-state index contributed by atoms with van der Waals surface area (Å²) in [6, 6.07) is 7.20. The summed E-state index contributed by atoms with van der Waals surface area (Å²) in [5.74, 6) is 0. The zero-order valence-electron chi connectivity index (χ0n) is 14.4. The third kappa shape index (κ3) is 3.95. The van der Waals surface area contributed by atoms with Crippen LogP contribution in [0.1, 0.15) is 12.5 Å². The second kappa shape index (κ2) is 7.42. The Labute approximate surface area is 160 Å². The minimum atomic E-state index is -4.22. The van der Waals surface area contributed by atoms with Crippen molar-refractivity contribution in [2.75, 3.05) is 21.1 Å². The standard InChI is InChI=1S/C13H17BrN6O4S2/c1-10(11-7-5-6-8-12(11)14)16-19(4)25(21,22)13-15-9-20(17-13)26(23,24)18(2)3/h5-9H,1-4H3/b16-10-. The number of aromatic nitrogens is 3. The lowest BCUT2D eigenvalue weighted by Crippen LogP contribution is -2.30. The SMILES string of the molecule is C/C(=N/N(C)S(=O)(=O)c1ncn(S(=O)(=O)N(C)C)n1)c1ccccc1Br. The van der Waals surface area contributed by atoms with Crippen molar-refractivity contribution in [3.05, 3.63) is 40.6 Å². The molecule has 2 rings (SSSR count). The van der Waals surface area contributed by atoms with Crippen molar-refractivity contribution in [3.8, 4) is 0 Å². The molecule has 0 aliphatic carbocycles. The minimum absolute atomic E-state index is 0.434. The predicted octanol–water partition coefficient (Wildman–Crippen LogP) is 0.740. The molecule has 0 saturated heterocycles. The van der Waals surface area contributed by atoms with E-state index < -0.39 is 25.4 Å². The summed E-state index contributed by atoms with van der Waals surface area (Å²) in [7, 11) is -4.37. The summed E-state index contributed by atoms with van der Waals surface area (Å²) in [6.45, 7) is 1.65. The number of benzene rings is 1.